The van der Waals surface area contributed by atoms with Gasteiger partial charge in [0.1, 0.15) is 17.8 Å². The van der Waals surface area contributed by atoms with Crippen molar-refractivity contribution in [1.82, 2.24) is 9.38 Å². The van der Waals surface area contributed by atoms with E-state index in [-0.39, 0.29) is 12.2 Å². The lowest BCUT2D eigenvalue weighted by Gasteiger charge is -1.96. The van der Waals surface area contributed by atoms with Gasteiger partial charge in [-0.2, -0.15) is 0 Å². The SMILES string of the molecule is O=CCc1cnc2ccc(F)cn12. The molecule has 2 heterocycles. The Labute approximate surface area is 73.8 Å². The van der Waals surface area contributed by atoms with Crippen LogP contribution in [-0.2, 0) is 11.2 Å². The largest absolute Gasteiger partial charge is 0.303 e. The maximum atomic E-state index is 12.8. The van der Waals surface area contributed by atoms with Crippen molar-refractivity contribution in [3.63, 3.8) is 0 Å². The number of halogens is 1. The summed E-state index contributed by atoms with van der Waals surface area (Å²) in [5, 5.41) is 0. The fraction of sp³-hybridized carbons (Fsp3) is 0.111. The number of carbonyl (C=O) groups excluding carboxylic acids is 1. The lowest BCUT2D eigenvalue weighted by Crippen LogP contribution is -1.94. The third-order valence-corrected chi connectivity index (χ3v) is 1.84. The lowest BCUT2D eigenvalue weighted by atomic mass is 10.3. The number of pyridine rings is 1. The van der Waals surface area contributed by atoms with Crippen molar-refractivity contribution in [3.8, 4) is 0 Å². The first-order chi connectivity index (χ1) is 6.31. The second kappa shape index (κ2) is 2.97. The van der Waals surface area contributed by atoms with Crippen LogP contribution in [-0.4, -0.2) is 15.7 Å². The van der Waals surface area contributed by atoms with Crippen LogP contribution in [0, 0.1) is 5.82 Å². The van der Waals surface area contributed by atoms with E-state index in [4.69, 9.17) is 0 Å². The number of fused-ring (bicyclic) bond motifs is 1. The van der Waals surface area contributed by atoms with E-state index in [2.05, 4.69) is 4.98 Å². The number of aromatic nitrogens is 2. The number of imidazole rings is 1. The van der Waals surface area contributed by atoms with Crippen LogP contribution in [0.1, 0.15) is 5.69 Å². The topological polar surface area (TPSA) is 34.4 Å². The van der Waals surface area contributed by atoms with E-state index >= 15 is 0 Å². The molecule has 2 aromatic rings. The van der Waals surface area contributed by atoms with Crippen molar-refractivity contribution in [1.29, 1.82) is 0 Å². The van der Waals surface area contributed by atoms with Crippen LogP contribution in [0.2, 0.25) is 0 Å². The molecule has 0 fully saturated rings. The molecule has 0 radical (unpaired) electrons. The molecule has 3 nitrogen and oxygen atoms in total. The first kappa shape index (κ1) is 7.91. The van der Waals surface area contributed by atoms with Crippen LogP contribution in [0.4, 0.5) is 4.39 Å². The Hall–Kier alpha value is -1.71. The number of rotatable bonds is 2. The third-order valence-electron chi connectivity index (χ3n) is 1.84. The molecule has 0 saturated carbocycles. The smallest absolute Gasteiger partial charge is 0.139 e. The van der Waals surface area contributed by atoms with E-state index in [0.29, 0.717) is 11.3 Å². The van der Waals surface area contributed by atoms with E-state index in [1.165, 1.54) is 12.3 Å². The average Bonchev–Trinajstić information content (AvgIpc) is 2.49. The second-order valence-corrected chi connectivity index (χ2v) is 2.70. The van der Waals surface area contributed by atoms with Crippen LogP contribution in [0.15, 0.2) is 24.5 Å². The molecule has 0 aromatic carbocycles. The van der Waals surface area contributed by atoms with E-state index in [1.807, 2.05) is 0 Å². The van der Waals surface area contributed by atoms with Crippen LogP contribution in [0.3, 0.4) is 0 Å². The summed E-state index contributed by atoms with van der Waals surface area (Å²) in [5.74, 6) is -0.336. The lowest BCUT2D eigenvalue weighted by molar-refractivity contribution is -0.107. The van der Waals surface area contributed by atoms with Gasteiger partial charge in [0.2, 0.25) is 0 Å². The Balaban J connectivity index is 2.64. The van der Waals surface area contributed by atoms with Crippen LogP contribution in [0.5, 0.6) is 0 Å². The van der Waals surface area contributed by atoms with E-state index in [0.717, 1.165) is 6.29 Å². The molecule has 0 N–H and O–H groups in total. The Bertz CT molecular complexity index is 450. The maximum Gasteiger partial charge on any atom is 0.139 e. The van der Waals surface area contributed by atoms with E-state index in [9.17, 15) is 9.18 Å². The molecule has 0 aliphatic heterocycles. The second-order valence-electron chi connectivity index (χ2n) is 2.70. The fourth-order valence-corrected chi connectivity index (χ4v) is 1.24. The molecule has 0 bridgehead atoms. The number of hydrogen-bond acceptors (Lipinski definition) is 2. The molecule has 2 rings (SSSR count). The average molecular weight is 178 g/mol. The molecule has 0 atom stereocenters. The first-order valence-electron chi connectivity index (χ1n) is 3.86. The molecular weight excluding hydrogens is 171 g/mol. The highest BCUT2D eigenvalue weighted by molar-refractivity contribution is 5.55. The highest BCUT2D eigenvalue weighted by atomic mass is 19.1. The molecule has 13 heavy (non-hydrogen) atoms. The van der Waals surface area contributed by atoms with Crippen LogP contribution in [0.25, 0.3) is 5.65 Å². The van der Waals surface area contributed by atoms with Gasteiger partial charge in [-0.05, 0) is 12.1 Å². The number of nitrogens with zero attached hydrogens (tertiary/aromatic N) is 2. The van der Waals surface area contributed by atoms with Gasteiger partial charge in [-0.1, -0.05) is 0 Å². The minimum atomic E-state index is -0.336. The van der Waals surface area contributed by atoms with E-state index < -0.39 is 0 Å². The first-order valence-corrected chi connectivity index (χ1v) is 3.86. The molecule has 0 spiro atoms. The van der Waals surface area contributed by atoms with Gasteiger partial charge in [-0.25, -0.2) is 9.37 Å². The van der Waals surface area contributed by atoms with Gasteiger partial charge in [0, 0.05) is 24.5 Å². The summed E-state index contributed by atoms with van der Waals surface area (Å²) >= 11 is 0. The van der Waals surface area contributed by atoms with Gasteiger partial charge in [-0.15, -0.1) is 0 Å². The molecule has 0 aliphatic rings. The zero-order chi connectivity index (χ0) is 9.26. The summed E-state index contributed by atoms with van der Waals surface area (Å²) in [6.07, 6.45) is 3.92. The molecule has 0 saturated heterocycles. The Morgan fingerprint density at radius 3 is 3.15 bits per heavy atom. The standard InChI is InChI=1S/C9H7FN2O/c10-7-1-2-9-11-5-8(3-4-13)12(9)6-7/h1-2,4-6H,3H2. The zero-order valence-corrected chi connectivity index (χ0v) is 6.77. The monoisotopic (exact) mass is 178 g/mol. The number of hydrogen-bond donors (Lipinski definition) is 0. The van der Waals surface area contributed by atoms with Gasteiger partial charge >= 0.3 is 0 Å². The molecular formula is C9H7FN2O. The Morgan fingerprint density at radius 1 is 1.54 bits per heavy atom. The fourth-order valence-electron chi connectivity index (χ4n) is 1.24. The summed E-state index contributed by atoms with van der Waals surface area (Å²) in [6, 6.07) is 2.91. The number of carbonyl (C=O) groups is 1. The Kier molecular flexibility index (Phi) is 1.81. The highest BCUT2D eigenvalue weighted by Crippen LogP contribution is 2.07. The molecule has 0 amide bonds. The van der Waals surface area contributed by atoms with Crippen molar-refractivity contribution in [2.24, 2.45) is 0 Å². The minimum absolute atomic E-state index is 0.255. The van der Waals surface area contributed by atoms with Gasteiger partial charge in [0.25, 0.3) is 0 Å². The minimum Gasteiger partial charge on any atom is -0.303 e. The summed E-state index contributed by atoms with van der Waals surface area (Å²) in [5.41, 5.74) is 1.35. The van der Waals surface area contributed by atoms with Crippen molar-refractivity contribution < 1.29 is 9.18 Å². The zero-order valence-electron chi connectivity index (χ0n) is 6.77. The molecule has 0 aliphatic carbocycles. The van der Waals surface area contributed by atoms with Crippen LogP contribution < -0.4 is 0 Å². The van der Waals surface area contributed by atoms with Crippen molar-refractivity contribution in [2.45, 2.75) is 6.42 Å². The summed E-state index contributed by atoms with van der Waals surface area (Å²) in [6.45, 7) is 0. The van der Waals surface area contributed by atoms with Gasteiger partial charge in [0.15, 0.2) is 0 Å². The molecule has 4 heteroatoms. The summed E-state index contributed by atoms with van der Waals surface area (Å²) in [4.78, 5) is 14.3. The highest BCUT2D eigenvalue weighted by Gasteiger charge is 2.02. The van der Waals surface area contributed by atoms with E-state index in [1.54, 1.807) is 16.7 Å². The van der Waals surface area contributed by atoms with Crippen molar-refractivity contribution >= 4 is 11.9 Å². The van der Waals surface area contributed by atoms with Gasteiger partial charge in [-0.3, -0.25) is 0 Å². The quantitative estimate of drug-likeness (QED) is 0.648. The normalized spacial score (nSPS) is 10.5. The summed E-state index contributed by atoms with van der Waals surface area (Å²) in [7, 11) is 0. The molecule has 2 aromatic heterocycles. The maximum absolute atomic E-state index is 12.8. The van der Waals surface area contributed by atoms with Crippen LogP contribution >= 0.6 is 0 Å². The number of aldehydes is 1. The van der Waals surface area contributed by atoms with Crippen molar-refractivity contribution in [2.75, 3.05) is 0 Å². The van der Waals surface area contributed by atoms with Crippen molar-refractivity contribution in [3.05, 3.63) is 36.0 Å². The van der Waals surface area contributed by atoms with Gasteiger partial charge < -0.3 is 9.20 Å². The molecule has 0 unspecified atom stereocenters. The third kappa shape index (κ3) is 1.30. The predicted molar refractivity (Wildman–Crippen MR) is 44.9 cm³/mol. The Morgan fingerprint density at radius 2 is 2.38 bits per heavy atom. The molecule has 66 valence electrons. The van der Waals surface area contributed by atoms with Gasteiger partial charge in [0.05, 0.1) is 0 Å². The summed E-state index contributed by atoms with van der Waals surface area (Å²) < 4.78 is 14.4. The predicted octanol–water partition coefficient (Wildman–Crippen LogP) is 1.21.